The number of amides is 1. The van der Waals surface area contributed by atoms with Crippen LogP contribution in [0.2, 0.25) is 5.02 Å². The molecule has 0 bridgehead atoms. The quantitative estimate of drug-likeness (QED) is 0.814. The van der Waals surface area contributed by atoms with Gasteiger partial charge in [-0.3, -0.25) is 4.79 Å². The maximum Gasteiger partial charge on any atom is 0.264 e. The lowest BCUT2D eigenvalue weighted by Crippen LogP contribution is -2.36. The van der Waals surface area contributed by atoms with Crippen LogP contribution in [-0.4, -0.2) is 49.8 Å². The van der Waals surface area contributed by atoms with E-state index >= 15 is 0 Å². The smallest absolute Gasteiger partial charge is 0.264 e. The predicted molar refractivity (Wildman–Crippen MR) is 83.6 cm³/mol. The molecule has 1 heterocycles. The van der Waals surface area contributed by atoms with Crippen molar-refractivity contribution in [2.75, 3.05) is 27.2 Å². The fourth-order valence-corrected chi connectivity index (χ4v) is 2.43. The lowest BCUT2D eigenvalue weighted by molar-refractivity contribution is -0.131. The molecule has 0 fully saturated rings. The van der Waals surface area contributed by atoms with Crippen molar-refractivity contribution < 1.29 is 14.0 Å². The van der Waals surface area contributed by atoms with Gasteiger partial charge in [0, 0.05) is 13.0 Å². The fraction of sp³-hybridized carbons (Fsp3) is 0.467. The van der Waals surface area contributed by atoms with Crippen molar-refractivity contribution in [2.45, 2.75) is 18.9 Å². The molecule has 2 rings (SSSR count). The molecular weight excluding hydrogens is 309 g/mol. The molecule has 0 spiro atoms. The van der Waals surface area contributed by atoms with Gasteiger partial charge < -0.3 is 15.1 Å². The van der Waals surface area contributed by atoms with Gasteiger partial charge in [0.15, 0.2) is 0 Å². The first-order valence-corrected chi connectivity index (χ1v) is 7.46. The van der Waals surface area contributed by atoms with E-state index in [9.17, 15) is 9.18 Å². The van der Waals surface area contributed by atoms with E-state index in [2.05, 4.69) is 10.5 Å². The Morgan fingerprint density at radius 2 is 2.32 bits per heavy atom. The van der Waals surface area contributed by atoms with Crippen molar-refractivity contribution >= 4 is 23.2 Å². The normalized spacial score (nSPS) is 17.3. The average Bonchev–Trinajstić information content (AvgIpc) is 2.92. The second kappa shape index (κ2) is 7.56. The standard InChI is InChI=1S/C15H19ClFN3O2/c1-20(2)8-4-7-18-15(21)13-9-12(19-22-13)14-10(16)5-3-6-11(14)17/h3,5-6,13H,4,7-9H2,1-2H3,(H,18,21)/t13-/m1/s1. The second-order valence-electron chi connectivity index (χ2n) is 5.38. The maximum absolute atomic E-state index is 13.8. The van der Waals surface area contributed by atoms with Crippen LogP contribution in [0, 0.1) is 5.82 Å². The first-order valence-electron chi connectivity index (χ1n) is 7.08. The summed E-state index contributed by atoms with van der Waals surface area (Å²) in [6.45, 7) is 1.45. The summed E-state index contributed by atoms with van der Waals surface area (Å²) < 4.78 is 13.8. The molecule has 120 valence electrons. The molecule has 0 radical (unpaired) electrons. The van der Waals surface area contributed by atoms with Gasteiger partial charge >= 0.3 is 0 Å². The number of nitrogens with zero attached hydrogens (tertiary/aromatic N) is 2. The van der Waals surface area contributed by atoms with Gasteiger partial charge in [-0.15, -0.1) is 0 Å². The highest BCUT2D eigenvalue weighted by Gasteiger charge is 2.30. The van der Waals surface area contributed by atoms with Crippen LogP contribution in [0.15, 0.2) is 23.4 Å². The van der Waals surface area contributed by atoms with E-state index in [4.69, 9.17) is 16.4 Å². The highest BCUT2D eigenvalue weighted by Crippen LogP contribution is 2.25. The van der Waals surface area contributed by atoms with Crippen LogP contribution in [0.4, 0.5) is 4.39 Å². The largest absolute Gasteiger partial charge is 0.382 e. The molecular formula is C15H19ClFN3O2. The van der Waals surface area contributed by atoms with Crippen LogP contribution in [0.5, 0.6) is 0 Å². The second-order valence-corrected chi connectivity index (χ2v) is 5.79. The third kappa shape index (κ3) is 4.18. The number of hydrogen-bond acceptors (Lipinski definition) is 4. The minimum absolute atomic E-state index is 0.201. The van der Waals surface area contributed by atoms with E-state index in [1.165, 1.54) is 12.1 Å². The van der Waals surface area contributed by atoms with E-state index < -0.39 is 11.9 Å². The molecule has 1 N–H and O–H groups in total. The summed E-state index contributed by atoms with van der Waals surface area (Å²) in [5.41, 5.74) is 0.559. The number of carbonyl (C=O) groups is 1. The van der Waals surface area contributed by atoms with E-state index in [-0.39, 0.29) is 22.9 Å². The maximum atomic E-state index is 13.8. The molecule has 1 aliphatic rings. The third-order valence-electron chi connectivity index (χ3n) is 3.29. The van der Waals surface area contributed by atoms with Gasteiger partial charge in [0.2, 0.25) is 6.10 Å². The topological polar surface area (TPSA) is 53.9 Å². The SMILES string of the molecule is CN(C)CCCNC(=O)[C@H]1CC(c2c(F)cccc2Cl)=NO1. The molecule has 0 saturated heterocycles. The van der Waals surface area contributed by atoms with Crippen molar-refractivity contribution in [1.82, 2.24) is 10.2 Å². The molecule has 1 aliphatic heterocycles. The summed E-state index contributed by atoms with van der Waals surface area (Å²) in [5.74, 6) is -0.716. The molecule has 1 aromatic carbocycles. The Kier molecular flexibility index (Phi) is 5.74. The summed E-state index contributed by atoms with van der Waals surface area (Å²) in [4.78, 5) is 19.1. The molecule has 22 heavy (non-hydrogen) atoms. The molecule has 0 unspecified atom stereocenters. The number of halogens is 2. The fourth-order valence-electron chi connectivity index (χ4n) is 2.16. The zero-order chi connectivity index (χ0) is 16.1. The Hall–Kier alpha value is -1.66. The van der Waals surface area contributed by atoms with Crippen LogP contribution in [0.3, 0.4) is 0 Å². The number of rotatable bonds is 6. The highest BCUT2D eigenvalue weighted by atomic mass is 35.5. The lowest BCUT2D eigenvalue weighted by Gasteiger charge is -2.12. The van der Waals surface area contributed by atoms with Gasteiger partial charge in [-0.05, 0) is 39.2 Å². The van der Waals surface area contributed by atoms with Gasteiger partial charge in [-0.1, -0.05) is 22.8 Å². The molecule has 1 atom stereocenters. The summed E-state index contributed by atoms with van der Waals surface area (Å²) in [7, 11) is 3.94. The molecule has 0 aromatic heterocycles. The monoisotopic (exact) mass is 327 g/mol. The first kappa shape index (κ1) is 16.7. The van der Waals surface area contributed by atoms with Gasteiger partial charge in [0.1, 0.15) is 5.82 Å². The van der Waals surface area contributed by atoms with Crippen molar-refractivity contribution in [2.24, 2.45) is 5.16 Å². The van der Waals surface area contributed by atoms with Crippen molar-refractivity contribution in [1.29, 1.82) is 0 Å². The number of carbonyl (C=O) groups excluding carboxylic acids is 1. The van der Waals surface area contributed by atoms with Crippen molar-refractivity contribution in [3.8, 4) is 0 Å². The van der Waals surface area contributed by atoms with E-state index in [1.807, 2.05) is 19.0 Å². The summed E-state index contributed by atoms with van der Waals surface area (Å²) in [5, 5.41) is 6.86. The number of oxime groups is 1. The molecule has 5 nitrogen and oxygen atoms in total. The van der Waals surface area contributed by atoms with Crippen molar-refractivity contribution in [3.05, 3.63) is 34.6 Å². The first-order chi connectivity index (χ1) is 10.5. The van der Waals surface area contributed by atoms with Crippen molar-refractivity contribution in [3.63, 3.8) is 0 Å². The molecule has 0 saturated carbocycles. The minimum Gasteiger partial charge on any atom is -0.382 e. The Bertz CT molecular complexity index is 558. The van der Waals surface area contributed by atoms with Gasteiger partial charge in [-0.2, -0.15) is 0 Å². The van der Waals surface area contributed by atoms with Crippen LogP contribution in [-0.2, 0) is 9.63 Å². The summed E-state index contributed by atoms with van der Waals surface area (Å²) >= 11 is 5.99. The summed E-state index contributed by atoms with van der Waals surface area (Å²) in [6, 6.07) is 4.40. The van der Waals surface area contributed by atoms with E-state index in [1.54, 1.807) is 6.07 Å². The molecule has 0 aliphatic carbocycles. The van der Waals surface area contributed by atoms with Gasteiger partial charge in [-0.25, -0.2) is 4.39 Å². The minimum atomic E-state index is -0.731. The number of benzene rings is 1. The number of nitrogens with one attached hydrogen (secondary N) is 1. The van der Waals surface area contributed by atoms with Crippen LogP contribution < -0.4 is 5.32 Å². The lowest BCUT2D eigenvalue weighted by atomic mass is 10.0. The average molecular weight is 328 g/mol. The third-order valence-corrected chi connectivity index (χ3v) is 3.61. The van der Waals surface area contributed by atoms with Crippen LogP contribution in [0.25, 0.3) is 0 Å². The van der Waals surface area contributed by atoms with E-state index in [0.29, 0.717) is 12.3 Å². The predicted octanol–water partition coefficient (Wildman–Crippen LogP) is 2.04. The van der Waals surface area contributed by atoms with Crippen LogP contribution in [0.1, 0.15) is 18.4 Å². The number of hydrogen-bond donors (Lipinski definition) is 1. The zero-order valence-electron chi connectivity index (χ0n) is 12.6. The Morgan fingerprint density at radius 3 is 3.00 bits per heavy atom. The Balaban J connectivity index is 1.88. The summed E-state index contributed by atoms with van der Waals surface area (Å²) in [6.07, 6.45) is 0.323. The Labute approximate surface area is 134 Å². The van der Waals surface area contributed by atoms with E-state index in [0.717, 1.165) is 13.0 Å². The molecule has 7 heteroatoms. The molecule has 1 amide bonds. The van der Waals surface area contributed by atoms with Crippen LogP contribution >= 0.6 is 11.6 Å². The molecule has 1 aromatic rings. The van der Waals surface area contributed by atoms with Gasteiger partial charge in [0.05, 0.1) is 16.3 Å². The van der Waals surface area contributed by atoms with Gasteiger partial charge in [0.25, 0.3) is 5.91 Å². The Morgan fingerprint density at radius 1 is 1.55 bits per heavy atom. The highest BCUT2D eigenvalue weighted by molar-refractivity contribution is 6.34. The zero-order valence-corrected chi connectivity index (χ0v) is 13.4.